The lowest BCUT2D eigenvalue weighted by Gasteiger charge is -2.07. The maximum absolute atomic E-state index is 11.8. The molecule has 0 saturated heterocycles. The second kappa shape index (κ2) is 8.19. The van der Waals surface area contributed by atoms with E-state index in [-0.39, 0.29) is 19.0 Å². The van der Waals surface area contributed by atoms with Crippen molar-refractivity contribution in [3.05, 3.63) is 59.1 Å². The molecule has 0 aliphatic rings. The van der Waals surface area contributed by atoms with Crippen molar-refractivity contribution in [3.63, 3.8) is 0 Å². The Balaban J connectivity index is 1.76. The molecule has 120 valence electrons. The molecule has 0 bridgehead atoms. The molecule has 2 rings (SSSR count). The van der Waals surface area contributed by atoms with Gasteiger partial charge in [0.1, 0.15) is 11.5 Å². The van der Waals surface area contributed by atoms with Crippen molar-refractivity contribution in [2.45, 2.75) is 0 Å². The van der Waals surface area contributed by atoms with E-state index in [0.717, 1.165) is 0 Å². The van der Waals surface area contributed by atoms with Gasteiger partial charge in [-0.15, -0.1) is 0 Å². The SMILES string of the molecule is COc1ccc(OCC(=O)OCC(=O)c2ccc(Cl)cc2)cc1. The molecule has 2 aromatic rings. The predicted molar refractivity (Wildman–Crippen MR) is 85.2 cm³/mol. The number of halogens is 1. The molecule has 5 nitrogen and oxygen atoms in total. The van der Waals surface area contributed by atoms with E-state index in [2.05, 4.69) is 0 Å². The van der Waals surface area contributed by atoms with Gasteiger partial charge < -0.3 is 14.2 Å². The van der Waals surface area contributed by atoms with E-state index >= 15 is 0 Å². The summed E-state index contributed by atoms with van der Waals surface area (Å²) in [5, 5.41) is 0.534. The molecule has 0 unspecified atom stereocenters. The van der Waals surface area contributed by atoms with Crippen molar-refractivity contribution in [2.24, 2.45) is 0 Å². The first-order chi connectivity index (χ1) is 11.1. The van der Waals surface area contributed by atoms with Crippen molar-refractivity contribution in [1.82, 2.24) is 0 Å². The summed E-state index contributed by atoms with van der Waals surface area (Å²) in [4.78, 5) is 23.4. The highest BCUT2D eigenvalue weighted by molar-refractivity contribution is 6.30. The molecule has 0 fully saturated rings. The molecule has 0 saturated carbocycles. The van der Waals surface area contributed by atoms with Gasteiger partial charge in [-0.2, -0.15) is 0 Å². The monoisotopic (exact) mass is 334 g/mol. The summed E-state index contributed by atoms with van der Waals surface area (Å²) in [6.45, 7) is -0.618. The minimum atomic E-state index is -0.622. The number of hydrogen-bond donors (Lipinski definition) is 0. The Labute approximate surface area is 138 Å². The zero-order chi connectivity index (χ0) is 16.7. The third-order valence-electron chi connectivity index (χ3n) is 2.95. The van der Waals surface area contributed by atoms with Gasteiger partial charge in [0.2, 0.25) is 0 Å². The van der Waals surface area contributed by atoms with Crippen LogP contribution in [0, 0.1) is 0 Å². The average molecular weight is 335 g/mol. The van der Waals surface area contributed by atoms with Gasteiger partial charge in [0.25, 0.3) is 0 Å². The molecule has 23 heavy (non-hydrogen) atoms. The van der Waals surface area contributed by atoms with Gasteiger partial charge in [-0.3, -0.25) is 4.79 Å². The number of esters is 1. The Morgan fingerprint density at radius 1 is 0.913 bits per heavy atom. The number of ether oxygens (including phenoxy) is 3. The van der Waals surface area contributed by atoms with Crippen LogP contribution >= 0.6 is 11.6 Å². The Bertz CT molecular complexity index is 664. The van der Waals surface area contributed by atoms with E-state index in [1.807, 2.05) is 0 Å². The second-order valence-corrected chi connectivity index (χ2v) is 4.99. The lowest BCUT2D eigenvalue weighted by atomic mass is 10.1. The van der Waals surface area contributed by atoms with Gasteiger partial charge >= 0.3 is 5.97 Å². The summed E-state index contributed by atoms with van der Waals surface area (Å²) < 4.78 is 15.2. The van der Waals surface area contributed by atoms with Crippen LogP contribution in [0.4, 0.5) is 0 Å². The third-order valence-corrected chi connectivity index (χ3v) is 3.20. The minimum absolute atomic E-state index is 0.278. The van der Waals surface area contributed by atoms with Crippen molar-refractivity contribution in [2.75, 3.05) is 20.3 Å². The zero-order valence-corrected chi connectivity index (χ0v) is 13.2. The number of carbonyl (C=O) groups excluding carboxylic acids is 2. The van der Waals surface area contributed by atoms with E-state index in [1.165, 1.54) is 0 Å². The predicted octanol–water partition coefficient (Wildman–Crippen LogP) is 3.15. The highest BCUT2D eigenvalue weighted by Crippen LogP contribution is 2.17. The van der Waals surface area contributed by atoms with E-state index in [9.17, 15) is 9.59 Å². The lowest BCUT2D eigenvalue weighted by molar-refractivity contribution is -0.144. The van der Waals surface area contributed by atoms with Crippen LogP contribution in [-0.2, 0) is 9.53 Å². The van der Waals surface area contributed by atoms with Crippen molar-refractivity contribution in [3.8, 4) is 11.5 Å². The van der Waals surface area contributed by atoms with Crippen LogP contribution in [0.5, 0.6) is 11.5 Å². The summed E-state index contributed by atoms with van der Waals surface area (Å²) in [5.74, 6) is 0.267. The molecule has 0 radical (unpaired) electrons. The van der Waals surface area contributed by atoms with Gasteiger partial charge in [0.15, 0.2) is 19.0 Å². The minimum Gasteiger partial charge on any atom is -0.497 e. The maximum Gasteiger partial charge on any atom is 0.344 e. The van der Waals surface area contributed by atoms with Gasteiger partial charge in [-0.05, 0) is 48.5 Å². The molecule has 0 aliphatic heterocycles. The van der Waals surface area contributed by atoms with Crippen LogP contribution in [0.2, 0.25) is 5.02 Å². The fourth-order valence-electron chi connectivity index (χ4n) is 1.72. The smallest absolute Gasteiger partial charge is 0.344 e. The maximum atomic E-state index is 11.8. The molecule has 0 atom stereocenters. The van der Waals surface area contributed by atoms with E-state index in [4.69, 9.17) is 25.8 Å². The zero-order valence-electron chi connectivity index (χ0n) is 12.5. The fourth-order valence-corrected chi connectivity index (χ4v) is 1.85. The van der Waals surface area contributed by atoms with Crippen molar-refractivity contribution < 1.29 is 23.8 Å². The molecule has 0 aromatic heterocycles. The molecule has 2 aromatic carbocycles. The van der Waals surface area contributed by atoms with E-state index in [0.29, 0.717) is 22.1 Å². The van der Waals surface area contributed by atoms with Crippen molar-refractivity contribution >= 4 is 23.4 Å². The van der Waals surface area contributed by atoms with Crippen LogP contribution < -0.4 is 9.47 Å². The number of methoxy groups -OCH3 is 1. The van der Waals surface area contributed by atoms with Crippen LogP contribution in [0.25, 0.3) is 0 Å². The van der Waals surface area contributed by atoms with Crippen molar-refractivity contribution in [1.29, 1.82) is 0 Å². The van der Waals surface area contributed by atoms with Gasteiger partial charge in [0.05, 0.1) is 7.11 Å². The summed E-state index contributed by atoms with van der Waals surface area (Å²) in [5.41, 5.74) is 0.429. The first-order valence-electron chi connectivity index (χ1n) is 6.80. The number of hydrogen-bond acceptors (Lipinski definition) is 5. The highest BCUT2D eigenvalue weighted by Gasteiger charge is 2.10. The van der Waals surface area contributed by atoms with E-state index in [1.54, 1.807) is 55.6 Å². The number of Topliss-reactive ketones (excluding diaryl/α,β-unsaturated/α-hetero) is 1. The normalized spacial score (nSPS) is 10.0. The quantitative estimate of drug-likeness (QED) is 0.575. The molecule has 0 N–H and O–H groups in total. The summed E-state index contributed by atoms with van der Waals surface area (Å²) in [6, 6.07) is 13.1. The van der Waals surface area contributed by atoms with Crippen LogP contribution in [0.15, 0.2) is 48.5 Å². The van der Waals surface area contributed by atoms with Crippen LogP contribution in [-0.4, -0.2) is 32.1 Å². The largest absolute Gasteiger partial charge is 0.497 e. The molecule has 0 amide bonds. The lowest BCUT2D eigenvalue weighted by Crippen LogP contribution is -2.19. The molecule has 0 heterocycles. The fraction of sp³-hybridized carbons (Fsp3) is 0.176. The molecular weight excluding hydrogens is 320 g/mol. The summed E-state index contributed by atoms with van der Waals surface area (Å²) in [6.07, 6.45) is 0. The number of ketones is 1. The first kappa shape index (κ1) is 16.8. The van der Waals surface area contributed by atoms with Gasteiger partial charge in [-0.25, -0.2) is 4.79 Å². The Kier molecular flexibility index (Phi) is 6.00. The molecular formula is C17H15ClO5. The Hall–Kier alpha value is -2.53. The van der Waals surface area contributed by atoms with Gasteiger partial charge in [0, 0.05) is 10.6 Å². The number of carbonyl (C=O) groups is 2. The van der Waals surface area contributed by atoms with Gasteiger partial charge in [-0.1, -0.05) is 11.6 Å². The molecule has 0 aliphatic carbocycles. The Morgan fingerprint density at radius 3 is 2.13 bits per heavy atom. The molecule has 0 spiro atoms. The summed E-state index contributed by atoms with van der Waals surface area (Å²) in [7, 11) is 1.56. The van der Waals surface area contributed by atoms with Crippen LogP contribution in [0.3, 0.4) is 0 Å². The number of benzene rings is 2. The standard InChI is InChI=1S/C17H15ClO5/c1-21-14-6-8-15(9-7-14)22-11-17(20)23-10-16(19)12-2-4-13(18)5-3-12/h2-9H,10-11H2,1H3. The first-order valence-corrected chi connectivity index (χ1v) is 7.17. The highest BCUT2D eigenvalue weighted by atomic mass is 35.5. The second-order valence-electron chi connectivity index (χ2n) is 4.55. The third kappa shape index (κ3) is 5.30. The molecule has 6 heteroatoms. The van der Waals surface area contributed by atoms with E-state index < -0.39 is 5.97 Å². The topological polar surface area (TPSA) is 61.8 Å². The number of rotatable bonds is 7. The average Bonchev–Trinajstić information content (AvgIpc) is 2.59. The van der Waals surface area contributed by atoms with Crippen LogP contribution in [0.1, 0.15) is 10.4 Å². The summed E-state index contributed by atoms with van der Waals surface area (Å²) >= 11 is 5.74. The Morgan fingerprint density at radius 2 is 1.52 bits per heavy atom.